The van der Waals surface area contributed by atoms with E-state index < -0.39 is 5.97 Å². The molecule has 0 saturated heterocycles. The fraction of sp³-hybridized carbons (Fsp3) is 0.500. The van der Waals surface area contributed by atoms with Crippen molar-refractivity contribution in [1.29, 1.82) is 0 Å². The number of methoxy groups -OCH3 is 1. The molecule has 4 nitrogen and oxygen atoms in total. The second kappa shape index (κ2) is 6.40. The third-order valence-electron chi connectivity index (χ3n) is 2.87. The maximum Gasteiger partial charge on any atom is 0.320 e. The van der Waals surface area contributed by atoms with Gasteiger partial charge in [-0.1, -0.05) is 13.8 Å². The van der Waals surface area contributed by atoms with Crippen molar-refractivity contribution < 1.29 is 14.3 Å². The molecule has 0 bridgehead atoms. The van der Waals surface area contributed by atoms with Crippen molar-refractivity contribution in [3.05, 3.63) is 28.8 Å². The largest absolute Gasteiger partial charge is 0.496 e. The number of esters is 1. The molecule has 1 aromatic rings. The van der Waals surface area contributed by atoms with Crippen molar-refractivity contribution in [3.8, 4) is 5.75 Å². The van der Waals surface area contributed by atoms with Crippen LogP contribution in [0, 0.1) is 6.92 Å². The number of hydrogen-bond donors (Lipinski definition) is 1. The summed E-state index contributed by atoms with van der Waals surface area (Å²) in [5.74, 6) is 0.831. The van der Waals surface area contributed by atoms with Crippen molar-refractivity contribution in [2.75, 3.05) is 13.7 Å². The van der Waals surface area contributed by atoms with Gasteiger partial charge in [-0.15, -0.1) is 0 Å². The number of carbonyl (C=O) groups excluding carboxylic acids is 1. The molecule has 0 aliphatic rings. The van der Waals surface area contributed by atoms with E-state index in [4.69, 9.17) is 15.2 Å². The molecule has 0 aliphatic heterocycles. The van der Waals surface area contributed by atoms with Crippen LogP contribution < -0.4 is 10.5 Å². The van der Waals surface area contributed by atoms with E-state index in [9.17, 15) is 4.79 Å². The van der Waals surface area contributed by atoms with Gasteiger partial charge in [-0.25, -0.2) is 0 Å². The highest BCUT2D eigenvalue weighted by Crippen LogP contribution is 2.29. The second-order valence-electron chi connectivity index (χ2n) is 4.54. The van der Waals surface area contributed by atoms with E-state index in [0.29, 0.717) is 5.92 Å². The smallest absolute Gasteiger partial charge is 0.320 e. The van der Waals surface area contributed by atoms with E-state index in [1.807, 2.05) is 19.1 Å². The molecule has 0 saturated carbocycles. The molecule has 0 aromatic heterocycles. The van der Waals surface area contributed by atoms with Crippen LogP contribution in [-0.2, 0) is 16.1 Å². The van der Waals surface area contributed by atoms with Crippen molar-refractivity contribution in [2.24, 2.45) is 5.73 Å². The summed E-state index contributed by atoms with van der Waals surface area (Å²) in [4.78, 5) is 11.1. The van der Waals surface area contributed by atoms with Crippen LogP contribution in [0.3, 0.4) is 0 Å². The minimum atomic E-state index is -0.392. The lowest BCUT2D eigenvalue weighted by molar-refractivity contribution is -0.143. The molecule has 0 atom stereocenters. The minimum Gasteiger partial charge on any atom is -0.496 e. The number of aryl methyl sites for hydroxylation is 1. The van der Waals surface area contributed by atoms with Gasteiger partial charge >= 0.3 is 5.97 Å². The number of nitrogens with two attached hydrogens (primary N) is 1. The van der Waals surface area contributed by atoms with Crippen LogP contribution in [0.15, 0.2) is 12.1 Å². The Labute approximate surface area is 108 Å². The second-order valence-corrected chi connectivity index (χ2v) is 4.54. The van der Waals surface area contributed by atoms with Gasteiger partial charge in [-0.05, 0) is 41.7 Å². The Kier molecular flexibility index (Phi) is 5.16. The van der Waals surface area contributed by atoms with Crippen LogP contribution in [-0.4, -0.2) is 19.6 Å². The van der Waals surface area contributed by atoms with Crippen molar-refractivity contribution in [1.82, 2.24) is 0 Å². The highest BCUT2D eigenvalue weighted by molar-refractivity contribution is 5.71. The van der Waals surface area contributed by atoms with Gasteiger partial charge in [0, 0.05) is 0 Å². The number of benzene rings is 1. The average molecular weight is 251 g/mol. The van der Waals surface area contributed by atoms with Crippen LogP contribution in [0.2, 0.25) is 0 Å². The molecular formula is C14H21NO3. The highest BCUT2D eigenvalue weighted by atomic mass is 16.5. The van der Waals surface area contributed by atoms with Gasteiger partial charge < -0.3 is 15.2 Å². The lowest BCUT2D eigenvalue weighted by atomic mass is 9.97. The Morgan fingerprint density at radius 3 is 2.56 bits per heavy atom. The van der Waals surface area contributed by atoms with E-state index in [-0.39, 0.29) is 13.2 Å². The van der Waals surface area contributed by atoms with E-state index in [2.05, 4.69) is 13.8 Å². The maximum absolute atomic E-state index is 11.1. The topological polar surface area (TPSA) is 61.5 Å². The Balaban J connectivity index is 2.98. The number of rotatable bonds is 5. The predicted molar refractivity (Wildman–Crippen MR) is 70.7 cm³/mol. The molecule has 2 N–H and O–H groups in total. The summed E-state index contributed by atoms with van der Waals surface area (Å²) in [5.41, 5.74) is 8.35. The van der Waals surface area contributed by atoms with E-state index in [1.165, 1.54) is 0 Å². The maximum atomic E-state index is 11.1. The lowest BCUT2D eigenvalue weighted by Crippen LogP contribution is -2.16. The molecule has 0 unspecified atom stereocenters. The number of hydrogen-bond acceptors (Lipinski definition) is 4. The van der Waals surface area contributed by atoms with Crippen LogP contribution in [0.4, 0.5) is 0 Å². The molecule has 0 heterocycles. The summed E-state index contributed by atoms with van der Waals surface area (Å²) in [7, 11) is 1.66. The zero-order valence-electron chi connectivity index (χ0n) is 11.4. The van der Waals surface area contributed by atoms with Gasteiger partial charge in [0.05, 0.1) is 13.7 Å². The Hall–Kier alpha value is -1.55. The van der Waals surface area contributed by atoms with Gasteiger partial charge in [-0.3, -0.25) is 4.79 Å². The first-order valence-corrected chi connectivity index (χ1v) is 6.02. The first-order chi connectivity index (χ1) is 8.49. The summed E-state index contributed by atoms with van der Waals surface area (Å²) in [6.07, 6.45) is 0. The normalized spacial score (nSPS) is 10.6. The first kappa shape index (κ1) is 14.5. The Morgan fingerprint density at radius 1 is 1.39 bits per heavy atom. The number of carbonyl (C=O) groups is 1. The quantitative estimate of drug-likeness (QED) is 0.814. The first-order valence-electron chi connectivity index (χ1n) is 6.02. The molecular weight excluding hydrogens is 230 g/mol. The van der Waals surface area contributed by atoms with Crippen LogP contribution in [0.5, 0.6) is 5.75 Å². The third kappa shape index (κ3) is 3.47. The summed E-state index contributed by atoms with van der Waals surface area (Å²) in [6, 6.07) is 4.00. The molecule has 0 fully saturated rings. The monoisotopic (exact) mass is 251 g/mol. The van der Waals surface area contributed by atoms with Crippen LogP contribution >= 0.6 is 0 Å². The Morgan fingerprint density at radius 2 is 2.06 bits per heavy atom. The average Bonchev–Trinajstić information content (AvgIpc) is 2.35. The summed E-state index contributed by atoms with van der Waals surface area (Å²) < 4.78 is 10.4. The van der Waals surface area contributed by atoms with Crippen molar-refractivity contribution in [2.45, 2.75) is 33.3 Å². The molecule has 1 aromatic carbocycles. The van der Waals surface area contributed by atoms with Crippen LogP contribution in [0.1, 0.15) is 36.5 Å². The van der Waals surface area contributed by atoms with Gasteiger partial charge in [-0.2, -0.15) is 0 Å². The summed E-state index contributed by atoms with van der Waals surface area (Å²) in [5, 5.41) is 0. The fourth-order valence-electron chi connectivity index (χ4n) is 1.75. The molecule has 0 radical (unpaired) electrons. The molecule has 100 valence electrons. The SMILES string of the molecule is COc1cc(C)c(COC(=O)CN)cc1C(C)C. The van der Waals surface area contributed by atoms with Gasteiger partial charge in [0.25, 0.3) is 0 Å². The molecule has 1 rings (SSSR count). The van der Waals surface area contributed by atoms with E-state index in [1.54, 1.807) is 7.11 Å². The molecule has 0 amide bonds. The lowest BCUT2D eigenvalue weighted by Gasteiger charge is -2.16. The van der Waals surface area contributed by atoms with E-state index in [0.717, 1.165) is 22.4 Å². The third-order valence-corrected chi connectivity index (χ3v) is 2.87. The Bertz CT molecular complexity index is 427. The van der Waals surface area contributed by atoms with Crippen LogP contribution in [0.25, 0.3) is 0 Å². The molecule has 0 aliphatic carbocycles. The van der Waals surface area contributed by atoms with E-state index >= 15 is 0 Å². The molecule has 18 heavy (non-hydrogen) atoms. The van der Waals surface area contributed by atoms with Gasteiger partial charge in [0.1, 0.15) is 12.4 Å². The predicted octanol–water partition coefficient (Wildman–Crippen LogP) is 2.13. The number of ether oxygens (including phenoxy) is 2. The van der Waals surface area contributed by atoms with Gasteiger partial charge in [0.15, 0.2) is 0 Å². The molecule has 4 heteroatoms. The molecule has 0 spiro atoms. The van der Waals surface area contributed by atoms with Crippen molar-refractivity contribution >= 4 is 5.97 Å². The fourth-order valence-corrected chi connectivity index (χ4v) is 1.75. The summed E-state index contributed by atoms with van der Waals surface area (Å²) in [6.45, 7) is 6.34. The highest BCUT2D eigenvalue weighted by Gasteiger charge is 2.12. The zero-order valence-corrected chi connectivity index (χ0v) is 11.4. The zero-order chi connectivity index (χ0) is 13.7. The van der Waals surface area contributed by atoms with Crippen molar-refractivity contribution in [3.63, 3.8) is 0 Å². The minimum absolute atomic E-state index is 0.0910. The van der Waals surface area contributed by atoms with Gasteiger partial charge in [0.2, 0.25) is 0 Å². The summed E-state index contributed by atoms with van der Waals surface area (Å²) >= 11 is 0. The standard InChI is InChI=1S/C14H21NO3/c1-9(2)12-6-11(8-18-14(16)7-15)10(3)5-13(12)17-4/h5-6,9H,7-8,15H2,1-4H3.